The van der Waals surface area contributed by atoms with Crippen LogP contribution in [0, 0.1) is 0 Å². The Morgan fingerprint density at radius 1 is 0.905 bits per heavy atom. The Hall–Kier alpha value is -2.07. The standard InChI is InChI=1S/C16H18ClNO3/c1-2-19-14-5-3-4-6-15(14)20-9-10-21-16-11-12(17)7-8-13(16)18/h3-8,11H,2,9-10,18H2,1H3. The summed E-state index contributed by atoms with van der Waals surface area (Å²) in [6, 6.07) is 12.6. The van der Waals surface area contributed by atoms with Crippen LogP contribution in [0.3, 0.4) is 0 Å². The number of hydrogen-bond donors (Lipinski definition) is 1. The third-order valence-corrected chi connectivity index (χ3v) is 2.96. The second-order valence-corrected chi connectivity index (χ2v) is 4.70. The van der Waals surface area contributed by atoms with Crippen molar-refractivity contribution in [3.63, 3.8) is 0 Å². The molecule has 0 spiro atoms. The van der Waals surface area contributed by atoms with Gasteiger partial charge in [0.05, 0.1) is 12.3 Å². The fourth-order valence-electron chi connectivity index (χ4n) is 1.78. The summed E-state index contributed by atoms with van der Waals surface area (Å²) in [6.07, 6.45) is 0. The van der Waals surface area contributed by atoms with E-state index in [0.29, 0.717) is 42.0 Å². The van der Waals surface area contributed by atoms with Crippen molar-refractivity contribution in [3.8, 4) is 17.2 Å². The lowest BCUT2D eigenvalue weighted by Gasteiger charge is -2.13. The second-order valence-electron chi connectivity index (χ2n) is 4.26. The van der Waals surface area contributed by atoms with E-state index in [2.05, 4.69) is 0 Å². The van der Waals surface area contributed by atoms with Crippen LogP contribution in [0.25, 0.3) is 0 Å². The predicted molar refractivity (Wildman–Crippen MR) is 84.5 cm³/mol. The fourth-order valence-corrected chi connectivity index (χ4v) is 1.94. The molecule has 0 heterocycles. The quantitative estimate of drug-likeness (QED) is 0.625. The van der Waals surface area contributed by atoms with E-state index in [0.717, 1.165) is 5.75 Å². The lowest BCUT2D eigenvalue weighted by Crippen LogP contribution is -2.10. The number of nitrogens with two attached hydrogens (primary N) is 1. The smallest absolute Gasteiger partial charge is 0.161 e. The Bertz CT molecular complexity index is 589. The van der Waals surface area contributed by atoms with Crippen LogP contribution in [0.5, 0.6) is 17.2 Å². The van der Waals surface area contributed by atoms with Crippen LogP contribution < -0.4 is 19.9 Å². The Kier molecular flexibility index (Phi) is 5.58. The van der Waals surface area contributed by atoms with Crippen LogP contribution in [0.4, 0.5) is 5.69 Å². The third-order valence-electron chi connectivity index (χ3n) is 2.72. The van der Waals surface area contributed by atoms with Crippen LogP contribution >= 0.6 is 11.6 Å². The van der Waals surface area contributed by atoms with E-state index in [9.17, 15) is 0 Å². The highest BCUT2D eigenvalue weighted by Gasteiger charge is 2.04. The largest absolute Gasteiger partial charge is 0.490 e. The summed E-state index contributed by atoms with van der Waals surface area (Å²) in [4.78, 5) is 0. The normalized spacial score (nSPS) is 10.2. The average Bonchev–Trinajstić information content (AvgIpc) is 2.49. The molecule has 2 aromatic rings. The highest BCUT2D eigenvalue weighted by atomic mass is 35.5. The van der Waals surface area contributed by atoms with E-state index in [1.807, 2.05) is 31.2 Å². The Morgan fingerprint density at radius 3 is 2.19 bits per heavy atom. The van der Waals surface area contributed by atoms with Crippen LogP contribution in [0.2, 0.25) is 5.02 Å². The maximum atomic E-state index is 5.90. The summed E-state index contributed by atoms with van der Waals surface area (Å²) in [5.74, 6) is 1.98. The van der Waals surface area contributed by atoms with E-state index in [-0.39, 0.29) is 0 Å². The molecule has 21 heavy (non-hydrogen) atoms. The van der Waals surface area contributed by atoms with Crippen molar-refractivity contribution in [1.29, 1.82) is 0 Å². The molecule has 0 aromatic heterocycles. The van der Waals surface area contributed by atoms with Gasteiger partial charge in [-0.25, -0.2) is 0 Å². The molecule has 0 fully saturated rings. The molecule has 2 N–H and O–H groups in total. The molecule has 4 nitrogen and oxygen atoms in total. The summed E-state index contributed by atoms with van der Waals surface area (Å²) in [5.41, 5.74) is 6.35. The van der Waals surface area contributed by atoms with E-state index >= 15 is 0 Å². The molecule has 0 aliphatic rings. The van der Waals surface area contributed by atoms with Gasteiger partial charge in [0.25, 0.3) is 0 Å². The van der Waals surface area contributed by atoms with Gasteiger partial charge in [0.1, 0.15) is 19.0 Å². The van der Waals surface area contributed by atoms with Gasteiger partial charge in [-0.05, 0) is 31.2 Å². The Morgan fingerprint density at radius 2 is 1.52 bits per heavy atom. The van der Waals surface area contributed by atoms with E-state index in [1.54, 1.807) is 18.2 Å². The van der Waals surface area contributed by atoms with Gasteiger partial charge in [-0.15, -0.1) is 0 Å². The van der Waals surface area contributed by atoms with Crippen LogP contribution in [0.1, 0.15) is 6.92 Å². The molecular weight excluding hydrogens is 290 g/mol. The lowest BCUT2D eigenvalue weighted by atomic mass is 10.3. The Balaban J connectivity index is 1.86. The first kappa shape index (κ1) is 15.3. The topological polar surface area (TPSA) is 53.7 Å². The van der Waals surface area contributed by atoms with Crippen molar-refractivity contribution in [2.45, 2.75) is 6.92 Å². The number of benzene rings is 2. The fraction of sp³-hybridized carbons (Fsp3) is 0.250. The van der Waals surface area contributed by atoms with Crippen molar-refractivity contribution >= 4 is 17.3 Å². The third kappa shape index (κ3) is 4.46. The molecule has 0 aliphatic carbocycles. The molecule has 2 rings (SSSR count). The van der Waals surface area contributed by atoms with Gasteiger partial charge in [-0.2, -0.15) is 0 Å². The number of anilines is 1. The zero-order chi connectivity index (χ0) is 15.1. The van der Waals surface area contributed by atoms with Gasteiger partial charge in [0.2, 0.25) is 0 Å². The van der Waals surface area contributed by atoms with E-state index in [1.165, 1.54) is 0 Å². The van der Waals surface area contributed by atoms with Gasteiger partial charge in [-0.1, -0.05) is 23.7 Å². The minimum Gasteiger partial charge on any atom is -0.490 e. The first-order valence-electron chi connectivity index (χ1n) is 6.73. The van der Waals surface area contributed by atoms with Gasteiger partial charge < -0.3 is 19.9 Å². The van der Waals surface area contributed by atoms with Crippen molar-refractivity contribution < 1.29 is 14.2 Å². The highest BCUT2D eigenvalue weighted by Crippen LogP contribution is 2.27. The van der Waals surface area contributed by atoms with E-state index in [4.69, 9.17) is 31.5 Å². The van der Waals surface area contributed by atoms with Crippen LogP contribution in [-0.4, -0.2) is 19.8 Å². The SMILES string of the molecule is CCOc1ccccc1OCCOc1cc(Cl)ccc1N. The second kappa shape index (κ2) is 7.64. The number of halogens is 1. The highest BCUT2D eigenvalue weighted by molar-refractivity contribution is 6.30. The molecule has 0 radical (unpaired) electrons. The minimum atomic E-state index is 0.366. The first-order chi connectivity index (χ1) is 10.2. The van der Waals surface area contributed by atoms with Crippen molar-refractivity contribution in [2.75, 3.05) is 25.6 Å². The minimum absolute atomic E-state index is 0.366. The maximum absolute atomic E-state index is 5.90. The van der Waals surface area contributed by atoms with Gasteiger partial charge in [-0.3, -0.25) is 0 Å². The molecule has 0 saturated heterocycles. The molecular formula is C16H18ClNO3. The molecule has 2 aromatic carbocycles. The zero-order valence-electron chi connectivity index (χ0n) is 11.8. The predicted octanol–water partition coefficient (Wildman–Crippen LogP) is 3.78. The van der Waals surface area contributed by atoms with Crippen molar-refractivity contribution in [1.82, 2.24) is 0 Å². The summed E-state index contributed by atoms with van der Waals surface area (Å²) >= 11 is 5.90. The molecule has 0 amide bonds. The Labute approximate surface area is 129 Å². The first-order valence-corrected chi connectivity index (χ1v) is 7.11. The number of ether oxygens (including phenoxy) is 3. The average molecular weight is 308 g/mol. The van der Waals surface area contributed by atoms with Crippen molar-refractivity contribution in [3.05, 3.63) is 47.5 Å². The number of rotatable bonds is 7. The molecule has 112 valence electrons. The van der Waals surface area contributed by atoms with Crippen molar-refractivity contribution in [2.24, 2.45) is 0 Å². The molecule has 0 atom stereocenters. The van der Waals surface area contributed by atoms with E-state index < -0.39 is 0 Å². The van der Waals surface area contributed by atoms with Gasteiger partial charge >= 0.3 is 0 Å². The monoisotopic (exact) mass is 307 g/mol. The summed E-state index contributed by atoms with van der Waals surface area (Å²) in [7, 11) is 0. The molecule has 0 aliphatic heterocycles. The van der Waals surface area contributed by atoms with Crippen LogP contribution in [0.15, 0.2) is 42.5 Å². The van der Waals surface area contributed by atoms with Crippen LogP contribution in [-0.2, 0) is 0 Å². The summed E-state index contributed by atoms with van der Waals surface area (Å²) in [6.45, 7) is 3.28. The summed E-state index contributed by atoms with van der Waals surface area (Å²) < 4.78 is 16.7. The zero-order valence-corrected chi connectivity index (χ0v) is 12.6. The molecule has 0 bridgehead atoms. The number of para-hydroxylation sites is 2. The number of hydrogen-bond acceptors (Lipinski definition) is 4. The summed E-state index contributed by atoms with van der Waals surface area (Å²) in [5, 5.41) is 0.585. The van der Waals surface area contributed by atoms with Gasteiger partial charge in [0.15, 0.2) is 11.5 Å². The number of nitrogen functional groups attached to an aromatic ring is 1. The maximum Gasteiger partial charge on any atom is 0.161 e. The molecule has 0 unspecified atom stereocenters. The lowest BCUT2D eigenvalue weighted by molar-refractivity contribution is 0.209. The molecule has 5 heteroatoms. The van der Waals surface area contributed by atoms with Gasteiger partial charge in [0, 0.05) is 11.1 Å². The molecule has 0 saturated carbocycles.